The van der Waals surface area contributed by atoms with Gasteiger partial charge in [0, 0.05) is 32.0 Å². The maximum Gasteiger partial charge on any atom is 0.371 e. The molecule has 1 saturated carbocycles. The first kappa shape index (κ1) is 15.4. The lowest BCUT2D eigenvalue weighted by Gasteiger charge is -2.04. The Morgan fingerprint density at radius 1 is 1.21 bits per heavy atom. The number of hydrogen-bond donors (Lipinski definition) is 0. The Kier molecular flexibility index (Phi) is 3.90. The fourth-order valence-corrected chi connectivity index (χ4v) is 3.74. The van der Waals surface area contributed by atoms with Gasteiger partial charge in [-0.05, 0) is 36.8 Å². The predicted molar refractivity (Wildman–Crippen MR) is 96.5 cm³/mol. The van der Waals surface area contributed by atoms with Crippen molar-refractivity contribution in [2.24, 2.45) is 22.1 Å². The Balaban J connectivity index is 1.47. The van der Waals surface area contributed by atoms with Gasteiger partial charge in [0.25, 0.3) is 5.84 Å². The number of aryl methyl sites for hydroxylation is 2. The van der Waals surface area contributed by atoms with Crippen LogP contribution in [0.4, 0.5) is 0 Å². The molecular formula is C18H25N6+. The maximum atomic E-state index is 4.89. The van der Waals surface area contributed by atoms with E-state index in [0.717, 1.165) is 41.8 Å². The summed E-state index contributed by atoms with van der Waals surface area (Å²) in [5.41, 5.74) is 3.38. The van der Waals surface area contributed by atoms with Gasteiger partial charge in [-0.25, -0.2) is 4.98 Å². The summed E-state index contributed by atoms with van der Waals surface area (Å²) in [7, 11) is 2.10. The Morgan fingerprint density at radius 3 is 2.75 bits per heavy atom. The molecule has 1 aromatic heterocycles. The fourth-order valence-electron chi connectivity index (χ4n) is 3.74. The van der Waals surface area contributed by atoms with Crippen LogP contribution in [0.15, 0.2) is 21.3 Å². The first-order valence-electron chi connectivity index (χ1n) is 8.94. The Bertz CT molecular complexity index is 786. The summed E-state index contributed by atoms with van der Waals surface area (Å²) in [6.07, 6.45) is 9.18. The summed E-state index contributed by atoms with van der Waals surface area (Å²) < 4.78 is 4.12. The van der Waals surface area contributed by atoms with Crippen molar-refractivity contribution in [2.75, 3.05) is 6.54 Å². The summed E-state index contributed by atoms with van der Waals surface area (Å²) in [6, 6.07) is 0. The van der Waals surface area contributed by atoms with E-state index < -0.39 is 0 Å². The number of fused-ring (bicyclic) bond motifs is 1. The molecule has 0 saturated heterocycles. The third kappa shape index (κ3) is 2.74. The number of aliphatic imine (C=N–C) groups is 2. The summed E-state index contributed by atoms with van der Waals surface area (Å²) in [6.45, 7) is 4.78. The van der Waals surface area contributed by atoms with Gasteiger partial charge in [-0.1, -0.05) is 17.5 Å². The highest BCUT2D eigenvalue weighted by atomic mass is 15.5. The molecule has 0 N–H and O–H groups in total. The quantitative estimate of drug-likeness (QED) is 0.785. The zero-order valence-electron chi connectivity index (χ0n) is 14.8. The second kappa shape index (κ2) is 6.07. The standard InChI is InChI=1S/C18H25N6/c1-12-10-19-13(2)18-21-16(22-24(12)18)8-9-17-20-15(11-23(17)3)14-6-4-5-7-14/h11,14H,4-10H2,1-3H3/q+1. The molecule has 1 fully saturated rings. The molecule has 0 spiro atoms. The predicted octanol–water partition coefficient (Wildman–Crippen LogP) is 2.68. The fraction of sp³-hybridized carbons (Fsp3) is 0.611. The molecule has 6 nitrogen and oxygen atoms in total. The van der Waals surface area contributed by atoms with E-state index in [2.05, 4.69) is 39.8 Å². The maximum absolute atomic E-state index is 4.89. The van der Waals surface area contributed by atoms with Crippen molar-refractivity contribution >= 4 is 23.1 Å². The zero-order chi connectivity index (χ0) is 16.7. The molecule has 3 aliphatic rings. The van der Waals surface area contributed by atoms with Crippen LogP contribution in [0.1, 0.15) is 63.4 Å². The number of hydrogen-bond acceptors (Lipinski definition) is 4. The van der Waals surface area contributed by atoms with Gasteiger partial charge in [-0.2, -0.15) is 0 Å². The highest BCUT2D eigenvalue weighted by Gasteiger charge is 2.33. The van der Waals surface area contributed by atoms with Crippen molar-refractivity contribution in [1.82, 2.24) is 9.55 Å². The van der Waals surface area contributed by atoms with E-state index in [4.69, 9.17) is 4.98 Å². The van der Waals surface area contributed by atoms with Gasteiger partial charge in [0.05, 0.1) is 12.2 Å². The molecule has 1 aliphatic carbocycles. The monoisotopic (exact) mass is 325 g/mol. The van der Waals surface area contributed by atoms with Crippen molar-refractivity contribution in [3.05, 3.63) is 17.7 Å². The highest BCUT2D eigenvalue weighted by Crippen LogP contribution is 2.33. The van der Waals surface area contributed by atoms with Crippen LogP contribution in [0.2, 0.25) is 0 Å². The highest BCUT2D eigenvalue weighted by molar-refractivity contribution is 6.40. The van der Waals surface area contributed by atoms with Gasteiger partial charge >= 0.3 is 5.84 Å². The summed E-state index contributed by atoms with van der Waals surface area (Å²) in [4.78, 5) is 14.0. The Labute approximate surface area is 142 Å². The van der Waals surface area contributed by atoms with Crippen molar-refractivity contribution < 1.29 is 4.68 Å². The van der Waals surface area contributed by atoms with Crippen molar-refractivity contribution in [3.8, 4) is 0 Å². The van der Waals surface area contributed by atoms with Gasteiger partial charge in [0.1, 0.15) is 17.2 Å². The minimum atomic E-state index is 0.666. The van der Waals surface area contributed by atoms with E-state index in [9.17, 15) is 0 Å². The van der Waals surface area contributed by atoms with Crippen LogP contribution in [0.25, 0.3) is 0 Å². The van der Waals surface area contributed by atoms with Crippen LogP contribution in [-0.2, 0) is 13.5 Å². The van der Waals surface area contributed by atoms with E-state index in [1.165, 1.54) is 31.4 Å². The summed E-state index contributed by atoms with van der Waals surface area (Å²) in [5.74, 6) is 3.57. The van der Waals surface area contributed by atoms with Crippen LogP contribution in [0, 0.1) is 0 Å². The number of nitrogens with zero attached hydrogens (tertiary/aromatic N) is 6. The van der Waals surface area contributed by atoms with E-state index in [0.29, 0.717) is 12.5 Å². The summed E-state index contributed by atoms with van der Waals surface area (Å²) >= 11 is 0. The second-order valence-corrected chi connectivity index (χ2v) is 7.07. The van der Waals surface area contributed by atoms with E-state index in [1.807, 2.05) is 11.6 Å². The average molecular weight is 325 g/mol. The first-order chi connectivity index (χ1) is 11.6. The van der Waals surface area contributed by atoms with Gasteiger partial charge < -0.3 is 4.57 Å². The number of rotatable bonds is 4. The molecule has 1 aromatic rings. The number of amidine groups is 2. The van der Waals surface area contributed by atoms with Crippen LogP contribution in [0.3, 0.4) is 0 Å². The average Bonchev–Trinajstić information content (AvgIpc) is 3.28. The molecule has 2 aliphatic heterocycles. The van der Waals surface area contributed by atoms with Gasteiger partial charge in [-0.3, -0.25) is 4.99 Å². The molecule has 0 bridgehead atoms. The largest absolute Gasteiger partial charge is 0.371 e. The Hall–Kier alpha value is -2.11. The molecule has 6 heteroatoms. The molecule has 0 radical (unpaired) electrons. The second-order valence-electron chi connectivity index (χ2n) is 7.07. The van der Waals surface area contributed by atoms with Crippen LogP contribution < -0.4 is 0 Å². The third-order valence-corrected chi connectivity index (χ3v) is 5.22. The third-order valence-electron chi connectivity index (χ3n) is 5.22. The van der Waals surface area contributed by atoms with E-state index >= 15 is 0 Å². The van der Waals surface area contributed by atoms with Gasteiger partial charge in [0.15, 0.2) is 0 Å². The number of aromatic nitrogens is 2. The van der Waals surface area contributed by atoms with Crippen LogP contribution in [0.5, 0.6) is 0 Å². The van der Waals surface area contributed by atoms with Crippen molar-refractivity contribution in [3.63, 3.8) is 0 Å². The molecule has 24 heavy (non-hydrogen) atoms. The number of imidazole rings is 1. The molecular weight excluding hydrogens is 300 g/mol. The SMILES string of the molecule is CC1=NCC(C)=[N+]2N=C(CCc3nc(C4CCCC4)cn3C)N=C12. The normalized spacial score (nSPS) is 21.0. The lowest BCUT2D eigenvalue weighted by Crippen LogP contribution is -2.31. The molecule has 0 unspecified atom stereocenters. The molecule has 0 atom stereocenters. The molecule has 126 valence electrons. The van der Waals surface area contributed by atoms with Crippen LogP contribution >= 0.6 is 0 Å². The van der Waals surface area contributed by atoms with Crippen LogP contribution in [-0.4, -0.2) is 43.9 Å². The molecule has 4 rings (SSSR count). The van der Waals surface area contributed by atoms with Crippen molar-refractivity contribution in [2.45, 2.75) is 58.3 Å². The van der Waals surface area contributed by atoms with Gasteiger partial charge in [-0.15, -0.1) is 0 Å². The zero-order valence-corrected chi connectivity index (χ0v) is 14.8. The lowest BCUT2D eigenvalue weighted by atomic mass is 10.1. The minimum Gasteiger partial charge on any atom is -0.338 e. The van der Waals surface area contributed by atoms with E-state index in [1.54, 1.807) is 0 Å². The number of hydrazone groups is 1. The first-order valence-corrected chi connectivity index (χ1v) is 8.94. The topological polar surface area (TPSA) is 57.9 Å². The molecule has 3 heterocycles. The smallest absolute Gasteiger partial charge is 0.338 e. The molecule has 0 amide bonds. The van der Waals surface area contributed by atoms with Crippen molar-refractivity contribution in [1.29, 1.82) is 0 Å². The van der Waals surface area contributed by atoms with E-state index in [-0.39, 0.29) is 0 Å². The molecule has 0 aromatic carbocycles. The van der Waals surface area contributed by atoms with Gasteiger partial charge in [0.2, 0.25) is 0 Å². The summed E-state index contributed by atoms with van der Waals surface area (Å²) in [5, 5.41) is 4.66. The lowest BCUT2D eigenvalue weighted by molar-refractivity contribution is -0.407. The minimum absolute atomic E-state index is 0.666. The Morgan fingerprint density at radius 2 is 2.00 bits per heavy atom.